The average molecular weight is 410 g/mol. The van der Waals surface area contributed by atoms with Crippen molar-refractivity contribution in [2.24, 2.45) is 5.92 Å². The SMILES string of the molecule is CN(C)CC#Cc1ccc([C@@H]2[C@H]3CN(C(=O)C4CCC4)CCCCN3[C@H]2CO)cc1. The van der Waals surface area contributed by atoms with Gasteiger partial charge in [0.05, 0.1) is 13.2 Å². The predicted molar refractivity (Wildman–Crippen MR) is 119 cm³/mol. The van der Waals surface area contributed by atoms with Crippen LogP contribution in [0.2, 0.25) is 0 Å². The number of aliphatic hydroxyl groups is 1. The lowest BCUT2D eigenvalue weighted by atomic mass is 9.74. The maximum atomic E-state index is 12.9. The van der Waals surface area contributed by atoms with E-state index in [-0.39, 0.29) is 24.5 Å². The highest BCUT2D eigenvalue weighted by Crippen LogP contribution is 2.42. The molecule has 5 nitrogen and oxygen atoms in total. The van der Waals surface area contributed by atoms with Gasteiger partial charge in [0.2, 0.25) is 5.91 Å². The third kappa shape index (κ3) is 4.42. The molecular formula is C25H35N3O2. The first-order chi connectivity index (χ1) is 14.6. The van der Waals surface area contributed by atoms with E-state index in [0.29, 0.717) is 11.9 Å². The lowest BCUT2D eigenvalue weighted by Crippen LogP contribution is -2.68. The smallest absolute Gasteiger partial charge is 0.225 e. The van der Waals surface area contributed by atoms with E-state index in [2.05, 4.69) is 50.8 Å². The Hall–Kier alpha value is -1.87. The second-order valence-electron chi connectivity index (χ2n) is 9.36. The van der Waals surface area contributed by atoms with Crippen LogP contribution in [0.25, 0.3) is 0 Å². The third-order valence-electron chi connectivity index (χ3n) is 7.06. The number of carbonyl (C=O) groups excluding carboxylic acids is 1. The number of fused-ring (bicyclic) bond motifs is 1. The van der Waals surface area contributed by atoms with Crippen LogP contribution in [0.1, 0.15) is 49.1 Å². The van der Waals surface area contributed by atoms with Crippen molar-refractivity contribution >= 4 is 5.91 Å². The summed E-state index contributed by atoms with van der Waals surface area (Å²) in [6.45, 7) is 3.62. The third-order valence-corrected chi connectivity index (χ3v) is 7.06. The van der Waals surface area contributed by atoms with Gasteiger partial charge in [-0.15, -0.1) is 0 Å². The topological polar surface area (TPSA) is 47.0 Å². The van der Waals surface area contributed by atoms with E-state index in [1.54, 1.807) is 0 Å². The number of benzene rings is 1. The standard InChI is InChI=1S/C25H35N3O2/c1-26(2)14-6-7-19-10-12-20(13-11-19)24-22-17-27(25(30)21-8-5-9-21)15-3-4-16-28(22)23(24)18-29/h10-13,21-24,29H,3-5,8-9,14-18H2,1-2H3/t22-,23+,24-/m1/s1. The van der Waals surface area contributed by atoms with Crippen molar-refractivity contribution in [3.63, 3.8) is 0 Å². The van der Waals surface area contributed by atoms with Crippen LogP contribution in [0.5, 0.6) is 0 Å². The molecule has 3 atom stereocenters. The zero-order valence-electron chi connectivity index (χ0n) is 18.4. The Kier molecular flexibility index (Phi) is 6.77. The number of hydrogen-bond donors (Lipinski definition) is 1. The van der Waals surface area contributed by atoms with Gasteiger partial charge in [-0.1, -0.05) is 30.4 Å². The fourth-order valence-corrected chi connectivity index (χ4v) is 5.14. The first-order valence-electron chi connectivity index (χ1n) is 11.5. The number of amides is 1. The number of carbonyl (C=O) groups is 1. The molecule has 1 aromatic rings. The second kappa shape index (κ2) is 9.51. The molecule has 0 spiro atoms. The first kappa shape index (κ1) is 21.4. The van der Waals surface area contributed by atoms with E-state index in [0.717, 1.165) is 57.4 Å². The predicted octanol–water partition coefficient (Wildman–Crippen LogP) is 2.15. The Morgan fingerprint density at radius 3 is 2.50 bits per heavy atom. The fraction of sp³-hybridized carbons (Fsp3) is 0.640. The Labute approximate surface area is 181 Å². The molecule has 0 unspecified atom stereocenters. The van der Waals surface area contributed by atoms with Gasteiger partial charge in [-0.05, 0) is 64.0 Å². The molecule has 2 heterocycles. The van der Waals surface area contributed by atoms with Crippen molar-refractivity contribution in [1.29, 1.82) is 0 Å². The van der Waals surface area contributed by atoms with Gasteiger partial charge in [0, 0.05) is 42.6 Å². The van der Waals surface area contributed by atoms with E-state index in [4.69, 9.17) is 0 Å². The summed E-state index contributed by atoms with van der Waals surface area (Å²) >= 11 is 0. The van der Waals surface area contributed by atoms with E-state index < -0.39 is 0 Å². The van der Waals surface area contributed by atoms with Gasteiger partial charge in [-0.3, -0.25) is 14.6 Å². The number of nitrogens with zero attached hydrogens (tertiary/aromatic N) is 3. The summed E-state index contributed by atoms with van der Waals surface area (Å²) in [5.41, 5.74) is 2.28. The molecule has 3 fully saturated rings. The number of hydrogen-bond acceptors (Lipinski definition) is 4. The van der Waals surface area contributed by atoms with E-state index in [1.165, 1.54) is 12.0 Å². The first-order valence-corrected chi connectivity index (χ1v) is 11.5. The number of rotatable bonds is 4. The van der Waals surface area contributed by atoms with Gasteiger partial charge >= 0.3 is 0 Å². The zero-order chi connectivity index (χ0) is 21.1. The highest BCUT2D eigenvalue weighted by atomic mass is 16.3. The van der Waals surface area contributed by atoms with Crippen molar-refractivity contribution in [2.75, 3.05) is 46.9 Å². The van der Waals surface area contributed by atoms with Crippen LogP contribution in [0.3, 0.4) is 0 Å². The van der Waals surface area contributed by atoms with E-state index >= 15 is 0 Å². The molecule has 162 valence electrons. The van der Waals surface area contributed by atoms with Crippen LogP contribution in [-0.2, 0) is 4.79 Å². The van der Waals surface area contributed by atoms with Gasteiger partial charge in [0.25, 0.3) is 0 Å². The Morgan fingerprint density at radius 1 is 1.13 bits per heavy atom. The highest BCUT2D eigenvalue weighted by Gasteiger charge is 2.49. The summed E-state index contributed by atoms with van der Waals surface area (Å²) in [5, 5.41) is 10.1. The molecule has 0 bridgehead atoms. The maximum absolute atomic E-state index is 12.9. The summed E-state index contributed by atoms with van der Waals surface area (Å²) in [7, 11) is 4.03. The van der Waals surface area contributed by atoms with Crippen molar-refractivity contribution < 1.29 is 9.90 Å². The normalized spacial score (nSPS) is 27.2. The van der Waals surface area contributed by atoms with Crippen LogP contribution in [0.4, 0.5) is 0 Å². The molecular weight excluding hydrogens is 374 g/mol. The van der Waals surface area contributed by atoms with Crippen LogP contribution in [-0.4, -0.2) is 84.7 Å². The largest absolute Gasteiger partial charge is 0.395 e. The summed E-state index contributed by atoms with van der Waals surface area (Å²) in [4.78, 5) is 19.6. The average Bonchev–Trinajstić information content (AvgIpc) is 2.66. The van der Waals surface area contributed by atoms with Crippen molar-refractivity contribution in [1.82, 2.24) is 14.7 Å². The molecule has 2 aliphatic heterocycles. The van der Waals surface area contributed by atoms with Crippen molar-refractivity contribution in [3.8, 4) is 11.8 Å². The van der Waals surface area contributed by atoms with Crippen LogP contribution >= 0.6 is 0 Å². The molecule has 1 aliphatic carbocycles. The molecule has 1 amide bonds. The van der Waals surface area contributed by atoms with E-state index in [9.17, 15) is 9.90 Å². The Balaban J connectivity index is 1.49. The van der Waals surface area contributed by atoms with Gasteiger partial charge in [0.15, 0.2) is 0 Å². The number of aliphatic hydroxyl groups excluding tert-OH is 1. The van der Waals surface area contributed by atoms with Gasteiger partial charge in [0.1, 0.15) is 0 Å². The minimum absolute atomic E-state index is 0.152. The molecule has 1 aromatic carbocycles. The Morgan fingerprint density at radius 2 is 1.87 bits per heavy atom. The molecule has 0 radical (unpaired) electrons. The van der Waals surface area contributed by atoms with Gasteiger partial charge in [-0.25, -0.2) is 0 Å². The molecule has 30 heavy (non-hydrogen) atoms. The minimum atomic E-state index is 0.152. The fourth-order valence-electron chi connectivity index (χ4n) is 5.14. The highest BCUT2D eigenvalue weighted by molar-refractivity contribution is 5.79. The van der Waals surface area contributed by atoms with E-state index in [1.807, 2.05) is 14.1 Å². The maximum Gasteiger partial charge on any atom is 0.225 e. The minimum Gasteiger partial charge on any atom is -0.395 e. The molecule has 0 aromatic heterocycles. The second-order valence-corrected chi connectivity index (χ2v) is 9.36. The Bertz CT molecular complexity index is 791. The van der Waals surface area contributed by atoms with Gasteiger partial charge < -0.3 is 10.0 Å². The van der Waals surface area contributed by atoms with Gasteiger partial charge in [-0.2, -0.15) is 0 Å². The molecule has 1 saturated carbocycles. The summed E-state index contributed by atoms with van der Waals surface area (Å²) in [5.74, 6) is 7.29. The quantitative estimate of drug-likeness (QED) is 0.774. The summed E-state index contributed by atoms with van der Waals surface area (Å²) in [6, 6.07) is 8.98. The molecule has 5 heteroatoms. The van der Waals surface area contributed by atoms with Crippen LogP contribution < -0.4 is 0 Å². The monoisotopic (exact) mass is 409 g/mol. The summed E-state index contributed by atoms with van der Waals surface area (Å²) < 4.78 is 0. The van der Waals surface area contributed by atoms with Crippen LogP contribution in [0.15, 0.2) is 24.3 Å². The molecule has 4 rings (SSSR count). The molecule has 1 N–H and O–H groups in total. The van der Waals surface area contributed by atoms with Crippen molar-refractivity contribution in [2.45, 2.75) is 50.1 Å². The summed E-state index contributed by atoms with van der Waals surface area (Å²) in [6.07, 6.45) is 5.46. The lowest BCUT2D eigenvalue weighted by Gasteiger charge is -2.57. The molecule has 3 aliphatic rings. The lowest BCUT2D eigenvalue weighted by molar-refractivity contribution is -0.143. The van der Waals surface area contributed by atoms with Crippen molar-refractivity contribution in [3.05, 3.63) is 35.4 Å². The molecule has 2 saturated heterocycles. The zero-order valence-corrected chi connectivity index (χ0v) is 18.4. The van der Waals surface area contributed by atoms with Crippen LogP contribution in [0, 0.1) is 17.8 Å².